The average Bonchev–Trinajstić information content (AvgIpc) is 2.84. The molecule has 0 aliphatic carbocycles. The van der Waals surface area contributed by atoms with Crippen LogP contribution in [0.25, 0.3) is 0 Å². The molecule has 0 radical (unpaired) electrons. The van der Waals surface area contributed by atoms with Crippen molar-refractivity contribution in [3.05, 3.63) is 72.8 Å². The topological polar surface area (TPSA) is 84.9 Å². The number of hydrogen-bond donors (Lipinski definition) is 0. The fourth-order valence-corrected chi connectivity index (χ4v) is 5.53. The zero-order valence-electron chi connectivity index (χ0n) is 19.9. The largest absolute Gasteiger partial charge is 0.748 e. The van der Waals surface area contributed by atoms with E-state index in [1.165, 1.54) is 14.7 Å². The number of alkyl halides is 3. The lowest BCUT2D eigenvalue weighted by atomic mass is 10.3. The molecular formula is C25H27F3O6S2. The van der Waals surface area contributed by atoms with Gasteiger partial charge in [0.25, 0.3) is 0 Å². The second-order valence-corrected chi connectivity index (χ2v) is 10.9. The Morgan fingerprint density at radius 1 is 0.694 bits per heavy atom. The molecule has 6 nitrogen and oxygen atoms in total. The maximum absolute atomic E-state index is 11.3. The van der Waals surface area contributed by atoms with Crippen molar-refractivity contribution in [1.29, 1.82) is 0 Å². The first-order valence-corrected chi connectivity index (χ1v) is 13.4. The van der Waals surface area contributed by atoms with Crippen molar-refractivity contribution in [2.24, 2.45) is 0 Å². The van der Waals surface area contributed by atoms with Gasteiger partial charge in [0.05, 0.1) is 42.3 Å². The molecule has 0 aliphatic heterocycles. The highest BCUT2D eigenvalue weighted by Gasteiger charge is 2.29. The predicted octanol–water partition coefficient (Wildman–Crippen LogP) is 5.68. The molecule has 0 N–H and O–H groups in total. The van der Waals surface area contributed by atoms with Gasteiger partial charge in [0.15, 0.2) is 14.7 Å². The minimum absolute atomic E-state index is 0.212. The molecule has 3 aromatic carbocycles. The van der Waals surface area contributed by atoms with E-state index in [0.717, 1.165) is 17.2 Å². The monoisotopic (exact) mass is 544 g/mol. The van der Waals surface area contributed by atoms with Gasteiger partial charge in [0, 0.05) is 12.2 Å². The lowest BCUT2D eigenvalue weighted by Gasteiger charge is -2.10. The van der Waals surface area contributed by atoms with E-state index < -0.39 is 34.9 Å². The second kappa shape index (κ2) is 13.4. The normalized spacial score (nSPS) is 11.4. The molecule has 0 fully saturated rings. The highest BCUT2D eigenvalue weighted by Crippen LogP contribution is 2.33. The number of benzene rings is 3. The van der Waals surface area contributed by atoms with E-state index in [9.17, 15) is 26.1 Å². The molecule has 196 valence electrons. The van der Waals surface area contributed by atoms with Crippen LogP contribution in [-0.2, 0) is 21.0 Å². The Hall–Kier alpha value is -2.89. The minimum Gasteiger partial charge on any atom is -0.748 e. The Balaban J connectivity index is 0.000000352. The number of hydrogen-bond acceptors (Lipinski definition) is 6. The number of rotatable bonds is 9. The zero-order valence-corrected chi connectivity index (χ0v) is 21.6. The molecular weight excluding hydrogens is 517 g/mol. The summed E-state index contributed by atoms with van der Waals surface area (Å²) in [5, 5.41) is 0. The van der Waals surface area contributed by atoms with Crippen molar-refractivity contribution in [3.63, 3.8) is 0 Å². The van der Waals surface area contributed by atoms with Gasteiger partial charge in [0.1, 0.15) is 17.2 Å². The Kier molecular flexibility index (Phi) is 10.9. The molecule has 3 aromatic rings. The summed E-state index contributed by atoms with van der Waals surface area (Å²) in [5.41, 5.74) is 0. The van der Waals surface area contributed by atoms with Gasteiger partial charge < -0.3 is 18.8 Å². The van der Waals surface area contributed by atoms with Crippen LogP contribution < -0.4 is 14.2 Å². The SMILES string of the molecule is COc1ccc([S+](c2ccc(OC)cc2)c2ccc(OC)cc2)cc1.O=S(=O)([O-])CCCC(F)(F)F. The molecule has 0 spiro atoms. The molecule has 3 rings (SSSR count). The van der Waals surface area contributed by atoms with Crippen LogP contribution in [0.15, 0.2) is 87.5 Å². The summed E-state index contributed by atoms with van der Waals surface area (Å²) >= 11 is 0. The van der Waals surface area contributed by atoms with Crippen LogP contribution in [0.3, 0.4) is 0 Å². The second-order valence-electron chi connectivity index (χ2n) is 7.31. The standard InChI is InChI=1S/C21H21O3S.C4H7F3O3S/c1-22-16-4-10-19(11-5-16)25(20-12-6-17(23-2)7-13-20)21-14-8-18(24-3)9-15-21;5-4(6,7)2-1-3-11(8,9)10/h4-15H,1-3H3;1-3H2,(H,8,9,10)/q+1;/p-1. The van der Waals surface area contributed by atoms with E-state index in [1.807, 2.05) is 36.4 Å². The van der Waals surface area contributed by atoms with Crippen LogP contribution in [0.1, 0.15) is 12.8 Å². The van der Waals surface area contributed by atoms with E-state index in [4.69, 9.17) is 14.2 Å². The maximum atomic E-state index is 11.3. The Morgan fingerprint density at radius 3 is 1.22 bits per heavy atom. The molecule has 0 aliphatic rings. The molecule has 0 saturated carbocycles. The lowest BCUT2D eigenvalue weighted by Crippen LogP contribution is -2.11. The first kappa shape index (κ1) is 29.3. The molecule has 0 atom stereocenters. The minimum atomic E-state index is -4.50. The molecule has 36 heavy (non-hydrogen) atoms. The van der Waals surface area contributed by atoms with E-state index in [-0.39, 0.29) is 10.9 Å². The van der Waals surface area contributed by atoms with Crippen LogP contribution in [0.5, 0.6) is 17.2 Å². The molecule has 0 bridgehead atoms. The van der Waals surface area contributed by atoms with Crippen molar-refractivity contribution in [2.75, 3.05) is 27.1 Å². The fourth-order valence-electron chi connectivity index (χ4n) is 2.99. The summed E-state index contributed by atoms with van der Waals surface area (Å²) in [6, 6.07) is 24.7. The summed E-state index contributed by atoms with van der Waals surface area (Å²) in [6.45, 7) is 0. The average molecular weight is 545 g/mol. The van der Waals surface area contributed by atoms with Gasteiger partial charge >= 0.3 is 6.18 Å². The van der Waals surface area contributed by atoms with E-state index in [2.05, 4.69) is 36.4 Å². The first-order valence-electron chi connectivity index (χ1n) is 10.6. The smallest absolute Gasteiger partial charge is 0.389 e. The Labute approximate surface area is 212 Å². The molecule has 0 saturated heterocycles. The summed E-state index contributed by atoms with van der Waals surface area (Å²) in [4.78, 5) is 3.70. The molecule has 11 heteroatoms. The van der Waals surface area contributed by atoms with Crippen LogP contribution in [0.2, 0.25) is 0 Å². The van der Waals surface area contributed by atoms with Crippen molar-refractivity contribution in [1.82, 2.24) is 0 Å². The zero-order chi connectivity index (χ0) is 26.8. The Morgan fingerprint density at radius 2 is 1.00 bits per heavy atom. The van der Waals surface area contributed by atoms with Gasteiger partial charge in [-0.2, -0.15) is 13.2 Å². The van der Waals surface area contributed by atoms with Crippen molar-refractivity contribution in [2.45, 2.75) is 33.7 Å². The third-order valence-corrected chi connectivity index (χ3v) is 7.76. The van der Waals surface area contributed by atoms with Crippen molar-refractivity contribution >= 4 is 21.0 Å². The van der Waals surface area contributed by atoms with Gasteiger partial charge in [-0.1, -0.05) is 0 Å². The molecule has 0 heterocycles. The van der Waals surface area contributed by atoms with Gasteiger partial charge in [-0.25, -0.2) is 8.42 Å². The first-order chi connectivity index (χ1) is 17.0. The van der Waals surface area contributed by atoms with Crippen LogP contribution in [-0.4, -0.2) is 46.2 Å². The van der Waals surface area contributed by atoms with Crippen LogP contribution >= 0.6 is 0 Å². The molecule has 0 aromatic heterocycles. The molecule has 0 unspecified atom stereocenters. The van der Waals surface area contributed by atoms with Crippen LogP contribution in [0, 0.1) is 0 Å². The lowest BCUT2D eigenvalue weighted by molar-refractivity contribution is -0.134. The third kappa shape index (κ3) is 10.00. The highest BCUT2D eigenvalue weighted by molar-refractivity contribution is 7.97. The van der Waals surface area contributed by atoms with E-state index in [0.29, 0.717) is 0 Å². The maximum Gasteiger partial charge on any atom is 0.389 e. The van der Waals surface area contributed by atoms with Gasteiger partial charge in [-0.3, -0.25) is 0 Å². The fraction of sp³-hybridized carbons (Fsp3) is 0.280. The summed E-state index contributed by atoms with van der Waals surface area (Å²) in [7, 11) is 0.338. The van der Waals surface area contributed by atoms with Crippen molar-refractivity contribution in [3.8, 4) is 17.2 Å². The van der Waals surface area contributed by atoms with Gasteiger partial charge in [0.2, 0.25) is 0 Å². The van der Waals surface area contributed by atoms with Gasteiger partial charge in [-0.15, -0.1) is 0 Å². The predicted molar refractivity (Wildman–Crippen MR) is 131 cm³/mol. The molecule has 0 amide bonds. The van der Waals surface area contributed by atoms with Gasteiger partial charge in [-0.05, 0) is 79.2 Å². The highest BCUT2D eigenvalue weighted by atomic mass is 32.2. The number of halogens is 3. The number of methoxy groups -OCH3 is 3. The number of ether oxygens (including phenoxy) is 3. The van der Waals surface area contributed by atoms with E-state index >= 15 is 0 Å². The van der Waals surface area contributed by atoms with Crippen molar-refractivity contribution < 1.29 is 40.4 Å². The summed E-state index contributed by atoms with van der Waals surface area (Å²) < 4.78 is 79.3. The third-order valence-electron chi connectivity index (χ3n) is 4.74. The van der Waals surface area contributed by atoms with E-state index in [1.54, 1.807) is 21.3 Å². The quantitative estimate of drug-likeness (QED) is 0.255. The Bertz CT molecular complexity index is 1050. The summed E-state index contributed by atoms with van der Waals surface area (Å²) in [5.74, 6) is 1.62. The van der Waals surface area contributed by atoms with Crippen LogP contribution in [0.4, 0.5) is 13.2 Å². The summed E-state index contributed by atoms with van der Waals surface area (Å²) in [6.07, 6.45) is -6.27.